The fraction of sp³-hybridized carbons (Fsp3) is 0.647. The van der Waals surface area contributed by atoms with Crippen molar-refractivity contribution in [3.05, 3.63) is 35.4 Å². The lowest BCUT2D eigenvalue weighted by Crippen LogP contribution is -2.21. The van der Waals surface area contributed by atoms with Crippen molar-refractivity contribution in [1.29, 1.82) is 0 Å². The Kier molecular flexibility index (Phi) is 5.41. The van der Waals surface area contributed by atoms with Gasteiger partial charge in [-0.15, -0.1) is 0 Å². The van der Waals surface area contributed by atoms with Gasteiger partial charge in [0, 0.05) is 19.6 Å². The predicted molar refractivity (Wildman–Crippen MR) is 82.0 cm³/mol. The van der Waals surface area contributed by atoms with Crippen molar-refractivity contribution in [2.45, 2.75) is 40.3 Å². The van der Waals surface area contributed by atoms with Crippen LogP contribution in [-0.2, 0) is 13.1 Å². The van der Waals surface area contributed by atoms with E-state index in [4.69, 9.17) is 0 Å². The van der Waals surface area contributed by atoms with Crippen LogP contribution < -0.4 is 5.32 Å². The van der Waals surface area contributed by atoms with E-state index in [-0.39, 0.29) is 0 Å². The van der Waals surface area contributed by atoms with Crippen LogP contribution in [0.3, 0.4) is 0 Å². The Balaban J connectivity index is 1.83. The molecule has 1 atom stereocenters. The summed E-state index contributed by atoms with van der Waals surface area (Å²) in [7, 11) is 0. The fourth-order valence-electron chi connectivity index (χ4n) is 2.84. The summed E-state index contributed by atoms with van der Waals surface area (Å²) < 4.78 is 0. The highest BCUT2D eigenvalue weighted by Crippen LogP contribution is 2.24. The van der Waals surface area contributed by atoms with E-state index in [0.717, 1.165) is 31.5 Å². The summed E-state index contributed by atoms with van der Waals surface area (Å²) in [6, 6.07) is 9.09. The van der Waals surface area contributed by atoms with E-state index in [1.54, 1.807) is 0 Å². The van der Waals surface area contributed by atoms with Gasteiger partial charge in [-0.05, 0) is 42.5 Å². The largest absolute Gasteiger partial charge is 0.313 e. The molecule has 0 spiro atoms. The van der Waals surface area contributed by atoms with E-state index in [9.17, 15) is 0 Å². The molecule has 1 unspecified atom stereocenters. The Bertz CT molecular complexity index is 369. The Morgan fingerprint density at radius 3 is 2.47 bits per heavy atom. The number of rotatable bonds is 6. The third-order valence-electron chi connectivity index (χ3n) is 4.26. The first-order valence-corrected chi connectivity index (χ1v) is 7.70. The van der Waals surface area contributed by atoms with Crippen molar-refractivity contribution in [1.82, 2.24) is 10.2 Å². The van der Waals surface area contributed by atoms with Crippen LogP contribution in [0.5, 0.6) is 0 Å². The smallest absolute Gasteiger partial charge is 0.0233 e. The molecule has 1 aromatic carbocycles. The molecule has 1 fully saturated rings. The molecule has 1 saturated heterocycles. The van der Waals surface area contributed by atoms with E-state index < -0.39 is 0 Å². The number of hydrogen-bond donors (Lipinski definition) is 1. The van der Waals surface area contributed by atoms with Crippen LogP contribution in [0.2, 0.25) is 0 Å². The van der Waals surface area contributed by atoms with E-state index in [1.165, 1.54) is 30.6 Å². The van der Waals surface area contributed by atoms with Gasteiger partial charge in [0.25, 0.3) is 0 Å². The summed E-state index contributed by atoms with van der Waals surface area (Å²) in [5.41, 5.74) is 2.83. The van der Waals surface area contributed by atoms with Gasteiger partial charge in [0.05, 0.1) is 0 Å². The highest BCUT2D eigenvalue weighted by Gasteiger charge is 2.24. The zero-order valence-electron chi connectivity index (χ0n) is 12.7. The van der Waals surface area contributed by atoms with Crippen LogP contribution in [0.1, 0.15) is 38.3 Å². The third-order valence-corrected chi connectivity index (χ3v) is 4.26. The highest BCUT2D eigenvalue weighted by molar-refractivity contribution is 5.22. The van der Waals surface area contributed by atoms with Gasteiger partial charge in [-0.25, -0.2) is 0 Å². The molecule has 0 aromatic heterocycles. The van der Waals surface area contributed by atoms with Crippen molar-refractivity contribution >= 4 is 0 Å². The van der Waals surface area contributed by atoms with Crippen LogP contribution in [-0.4, -0.2) is 24.5 Å². The number of nitrogens with zero attached hydrogens (tertiary/aromatic N) is 1. The molecule has 0 aliphatic carbocycles. The van der Waals surface area contributed by atoms with Gasteiger partial charge in [0.15, 0.2) is 0 Å². The second-order valence-electron chi connectivity index (χ2n) is 6.12. The molecular weight excluding hydrogens is 232 g/mol. The minimum atomic E-state index is 0.826. The lowest BCUT2D eigenvalue weighted by molar-refractivity contribution is 0.297. The average Bonchev–Trinajstić information content (AvgIpc) is 2.87. The minimum Gasteiger partial charge on any atom is -0.313 e. The molecule has 0 saturated carbocycles. The van der Waals surface area contributed by atoms with Crippen LogP contribution in [0, 0.1) is 11.8 Å². The molecule has 2 nitrogen and oxygen atoms in total. The second-order valence-corrected chi connectivity index (χ2v) is 6.12. The maximum atomic E-state index is 3.36. The van der Waals surface area contributed by atoms with Crippen molar-refractivity contribution in [3.63, 3.8) is 0 Å². The molecular formula is C17H28N2. The average molecular weight is 260 g/mol. The zero-order valence-corrected chi connectivity index (χ0v) is 12.7. The van der Waals surface area contributed by atoms with Gasteiger partial charge in [0.1, 0.15) is 0 Å². The maximum absolute atomic E-state index is 3.36. The van der Waals surface area contributed by atoms with Gasteiger partial charge >= 0.3 is 0 Å². The molecule has 106 valence electrons. The molecule has 1 aromatic rings. The van der Waals surface area contributed by atoms with Gasteiger partial charge in [0.2, 0.25) is 0 Å². The molecule has 0 radical (unpaired) electrons. The van der Waals surface area contributed by atoms with E-state index in [2.05, 4.69) is 55.3 Å². The van der Waals surface area contributed by atoms with E-state index in [1.807, 2.05) is 0 Å². The first-order chi connectivity index (χ1) is 9.19. The second kappa shape index (κ2) is 7.06. The van der Waals surface area contributed by atoms with Crippen molar-refractivity contribution < 1.29 is 0 Å². The van der Waals surface area contributed by atoms with Crippen LogP contribution in [0.25, 0.3) is 0 Å². The summed E-state index contributed by atoms with van der Waals surface area (Å²) in [5, 5.41) is 3.36. The number of nitrogens with one attached hydrogen (secondary N) is 1. The molecule has 1 N–H and O–H groups in total. The zero-order chi connectivity index (χ0) is 13.7. The predicted octanol–water partition coefficient (Wildman–Crippen LogP) is 3.27. The summed E-state index contributed by atoms with van der Waals surface area (Å²) in [5.74, 6) is 1.72. The Morgan fingerprint density at radius 2 is 1.89 bits per heavy atom. The van der Waals surface area contributed by atoms with Crippen molar-refractivity contribution in [2.24, 2.45) is 11.8 Å². The molecule has 0 amide bonds. The monoisotopic (exact) mass is 260 g/mol. The number of likely N-dealkylation sites (tertiary alicyclic amines) is 1. The lowest BCUT2D eigenvalue weighted by atomic mass is 9.95. The topological polar surface area (TPSA) is 15.3 Å². The van der Waals surface area contributed by atoms with Crippen molar-refractivity contribution in [2.75, 3.05) is 19.6 Å². The summed E-state index contributed by atoms with van der Waals surface area (Å²) in [4.78, 5) is 2.60. The summed E-state index contributed by atoms with van der Waals surface area (Å²) >= 11 is 0. The summed E-state index contributed by atoms with van der Waals surface area (Å²) in [6.45, 7) is 12.5. The number of hydrogen-bond acceptors (Lipinski definition) is 2. The van der Waals surface area contributed by atoms with Crippen molar-refractivity contribution in [3.8, 4) is 0 Å². The normalized spacial score (nSPS) is 20.3. The van der Waals surface area contributed by atoms with Gasteiger partial charge in [-0.3, -0.25) is 4.90 Å². The fourth-order valence-corrected chi connectivity index (χ4v) is 2.84. The third kappa shape index (κ3) is 4.32. The molecule has 1 aliphatic heterocycles. The Morgan fingerprint density at radius 1 is 1.21 bits per heavy atom. The lowest BCUT2D eigenvalue weighted by Gasteiger charge is -2.18. The Labute approximate surface area is 118 Å². The summed E-state index contributed by atoms with van der Waals surface area (Å²) in [6.07, 6.45) is 1.37. The number of benzene rings is 1. The van der Waals surface area contributed by atoms with Gasteiger partial charge < -0.3 is 5.32 Å². The van der Waals surface area contributed by atoms with E-state index >= 15 is 0 Å². The van der Waals surface area contributed by atoms with E-state index in [0.29, 0.717) is 0 Å². The first-order valence-electron chi connectivity index (χ1n) is 7.70. The SMILES string of the molecule is CCNCc1ccc(CN2CCC(C(C)C)C2)cc1. The maximum Gasteiger partial charge on any atom is 0.0233 e. The minimum absolute atomic E-state index is 0.826. The standard InChI is InChI=1S/C17H28N2/c1-4-18-11-15-5-7-16(8-6-15)12-19-10-9-17(13-19)14(2)3/h5-8,14,17-18H,4,9-13H2,1-3H3. The van der Waals surface area contributed by atoms with Crippen LogP contribution >= 0.6 is 0 Å². The molecule has 2 heteroatoms. The molecule has 0 bridgehead atoms. The highest BCUT2D eigenvalue weighted by atomic mass is 15.1. The molecule has 19 heavy (non-hydrogen) atoms. The van der Waals surface area contributed by atoms with Gasteiger partial charge in [-0.1, -0.05) is 45.0 Å². The quantitative estimate of drug-likeness (QED) is 0.844. The molecule has 2 rings (SSSR count). The molecule has 1 heterocycles. The molecule has 1 aliphatic rings. The Hall–Kier alpha value is -0.860. The van der Waals surface area contributed by atoms with Gasteiger partial charge in [-0.2, -0.15) is 0 Å². The van der Waals surface area contributed by atoms with Crippen LogP contribution in [0.15, 0.2) is 24.3 Å². The van der Waals surface area contributed by atoms with Crippen LogP contribution in [0.4, 0.5) is 0 Å². The first kappa shape index (κ1) is 14.5.